The Morgan fingerprint density at radius 3 is 2.42 bits per heavy atom. The van der Waals surface area contributed by atoms with E-state index in [-0.39, 0.29) is 12.4 Å². The standard InChI is InChI=1S/C9H18O3/c1-3-11-7-5-6-9(10)8-12-4-2/h3-8H2,1-2H3. The predicted octanol–water partition coefficient (Wildman–Crippen LogP) is 1.41. The second kappa shape index (κ2) is 8.68. The lowest BCUT2D eigenvalue weighted by molar-refractivity contribution is -0.123. The molecule has 0 aliphatic carbocycles. The van der Waals surface area contributed by atoms with Crippen LogP contribution in [0.4, 0.5) is 0 Å². The number of carbonyl (C=O) groups excluding carboxylic acids is 1. The normalized spacial score (nSPS) is 10.2. The van der Waals surface area contributed by atoms with Gasteiger partial charge in [-0.25, -0.2) is 0 Å². The molecule has 0 saturated heterocycles. The van der Waals surface area contributed by atoms with Crippen molar-refractivity contribution in [2.45, 2.75) is 26.7 Å². The molecule has 0 aromatic rings. The number of Topliss-reactive ketones (excluding diaryl/α,β-unsaturated/α-hetero) is 1. The summed E-state index contributed by atoms with van der Waals surface area (Å²) in [6, 6.07) is 0. The fourth-order valence-electron chi connectivity index (χ4n) is 0.804. The Morgan fingerprint density at radius 1 is 1.17 bits per heavy atom. The maximum atomic E-state index is 11.0. The molecule has 72 valence electrons. The highest BCUT2D eigenvalue weighted by Gasteiger charge is 2.00. The van der Waals surface area contributed by atoms with Crippen molar-refractivity contribution < 1.29 is 14.3 Å². The molecule has 0 atom stereocenters. The average Bonchev–Trinajstić information content (AvgIpc) is 2.09. The Balaban J connectivity index is 3.08. The van der Waals surface area contributed by atoms with Gasteiger partial charge >= 0.3 is 0 Å². The molecular formula is C9H18O3. The number of ketones is 1. The highest BCUT2D eigenvalue weighted by molar-refractivity contribution is 5.79. The lowest BCUT2D eigenvalue weighted by Gasteiger charge is -2.01. The molecule has 0 aromatic carbocycles. The van der Waals surface area contributed by atoms with E-state index in [1.54, 1.807) is 0 Å². The summed E-state index contributed by atoms with van der Waals surface area (Å²) in [5, 5.41) is 0. The zero-order chi connectivity index (χ0) is 9.23. The molecule has 0 fully saturated rings. The zero-order valence-electron chi connectivity index (χ0n) is 7.97. The van der Waals surface area contributed by atoms with Crippen LogP contribution in [0.25, 0.3) is 0 Å². The summed E-state index contributed by atoms with van der Waals surface area (Å²) in [4.78, 5) is 11.0. The van der Waals surface area contributed by atoms with Crippen LogP contribution in [0.2, 0.25) is 0 Å². The third-order valence-electron chi connectivity index (χ3n) is 1.42. The van der Waals surface area contributed by atoms with Gasteiger partial charge in [-0.05, 0) is 20.3 Å². The first-order valence-electron chi connectivity index (χ1n) is 4.48. The van der Waals surface area contributed by atoms with Gasteiger partial charge in [0.1, 0.15) is 6.61 Å². The van der Waals surface area contributed by atoms with Crippen LogP contribution < -0.4 is 0 Å². The third-order valence-corrected chi connectivity index (χ3v) is 1.42. The molecule has 0 spiro atoms. The maximum absolute atomic E-state index is 11.0. The summed E-state index contributed by atoms with van der Waals surface area (Å²) in [5.41, 5.74) is 0. The Labute approximate surface area is 74.0 Å². The van der Waals surface area contributed by atoms with Gasteiger partial charge in [-0.15, -0.1) is 0 Å². The Bertz CT molecular complexity index is 112. The van der Waals surface area contributed by atoms with E-state index in [0.717, 1.165) is 13.0 Å². The Kier molecular flexibility index (Phi) is 8.39. The SMILES string of the molecule is CCOCCCC(=O)COCC. The van der Waals surface area contributed by atoms with Crippen molar-refractivity contribution in [1.82, 2.24) is 0 Å². The van der Waals surface area contributed by atoms with Crippen LogP contribution >= 0.6 is 0 Å². The fraction of sp³-hybridized carbons (Fsp3) is 0.889. The van der Waals surface area contributed by atoms with Crippen molar-refractivity contribution >= 4 is 5.78 Å². The van der Waals surface area contributed by atoms with Crippen molar-refractivity contribution in [3.8, 4) is 0 Å². The van der Waals surface area contributed by atoms with Crippen molar-refractivity contribution in [3.05, 3.63) is 0 Å². The molecule has 0 heterocycles. The molecule has 0 rings (SSSR count). The number of hydrogen-bond donors (Lipinski definition) is 0. The third kappa shape index (κ3) is 7.69. The number of hydrogen-bond acceptors (Lipinski definition) is 3. The van der Waals surface area contributed by atoms with Crippen molar-refractivity contribution in [1.29, 1.82) is 0 Å². The van der Waals surface area contributed by atoms with Crippen molar-refractivity contribution in [3.63, 3.8) is 0 Å². The molecule has 0 saturated carbocycles. The van der Waals surface area contributed by atoms with E-state index in [2.05, 4.69) is 0 Å². The quantitative estimate of drug-likeness (QED) is 0.522. The molecule has 3 nitrogen and oxygen atoms in total. The topological polar surface area (TPSA) is 35.5 Å². The van der Waals surface area contributed by atoms with Gasteiger partial charge in [0.2, 0.25) is 0 Å². The van der Waals surface area contributed by atoms with Crippen LogP contribution in [-0.4, -0.2) is 32.2 Å². The van der Waals surface area contributed by atoms with Crippen LogP contribution in [0.3, 0.4) is 0 Å². The average molecular weight is 174 g/mol. The smallest absolute Gasteiger partial charge is 0.158 e. The van der Waals surface area contributed by atoms with E-state index in [9.17, 15) is 4.79 Å². The van der Waals surface area contributed by atoms with Gasteiger partial charge in [0, 0.05) is 26.2 Å². The monoisotopic (exact) mass is 174 g/mol. The lowest BCUT2D eigenvalue weighted by Crippen LogP contribution is -2.09. The molecule has 0 bridgehead atoms. The van der Waals surface area contributed by atoms with Crippen LogP contribution in [0.15, 0.2) is 0 Å². The van der Waals surface area contributed by atoms with Gasteiger partial charge in [0.25, 0.3) is 0 Å². The number of carbonyl (C=O) groups is 1. The minimum atomic E-state index is 0.163. The van der Waals surface area contributed by atoms with E-state index in [0.29, 0.717) is 19.6 Å². The van der Waals surface area contributed by atoms with Crippen LogP contribution in [0, 0.1) is 0 Å². The fourth-order valence-corrected chi connectivity index (χ4v) is 0.804. The molecule has 12 heavy (non-hydrogen) atoms. The molecule has 3 heteroatoms. The maximum Gasteiger partial charge on any atom is 0.158 e. The minimum Gasteiger partial charge on any atom is -0.382 e. The summed E-state index contributed by atoms with van der Waals surface area (Å²) in [5.74, 6) is 0.163. The van der Waals surface area contributed by atoms with Crippen LogP contribution in [0.5, 0.6) is 0 Å². The van der Waals surface area contributed by atoms with Crippen LogP contribution in [0.1, 0.15) is 26.7 Å². The van der Waals surface area contributed by atoms with Gasteiger partial charge in [0.15, 0.2) is 5.78 Å². The van der Waals surface area contributed by atoms with Gasteiger partial charge < -0.3 is 9.47 Å². The zero-order valence-corrected chi connectivity index (χ0v) is 7.97. The predicted molar refractivity (Wildman–Crippen MR) is 47.2 cm³/mol. The molecule has 0 N–H and O–H groups in total. The summed E-state index contributed by atoms with van der Waals surface area (Å²) in [7, 11) is 0. The van der Waals surface area contributed by atoms with Crippen molar-refractivity contribution in [2.75, 3.05) is 26.4 Å². The number of rotatable bonds is 8. The largest absolute Gasteiger partial charge is 0.382 e. The molecule has 0 unspecified atom stereocenters. The van der Waals surface area contributed by atoms with Gasteiger partial charge in [-0.1, -0.05) is 0 Å². The molecule has 0 aliphatic rings. The Hall–Kier alpha value is -0.410. The second-order valence-corrected chi connectivity index (χ2v) is 2.48. The number of ether oxygens (including phenoxy) is 2. The van der Waals surface area contributed by atoms with Crippen molar-refractivity contribution in [2.24, 2.45) is 0 Å². The van der Waals surface area contributed by atoms with E-state index in [1.807, 2.05) is 13.8 Å². The summed E-state index contributed by atoms with van der Waals surface area (Å²) < 4.78 is 10.1. The van der Waals surface area contributed by atoms with E-state index in [4.69, 9.17) is 9.47 Å². The molecule has 0 radical (unpaired) electrons. The summed E-state index contributed by atoms with van der Waals surface area (Å²) in [6.45, 7) is 6.09. The van der Waals surface area contributed by atoms with E-state index >= 15 is 0 Å². The molecular weight excluding hydrogens is 156 g/mol. The minimum absolute atomic E-state index is 0.163. The first-order valence-corrected chi connectivity index (χ1v) is 4.48. The van der Waals surface area contributed by atoms with Gasteiger partial charge in [-0.2, -0.15) is 0 Å². The highest BCUT2D eigenvalue weighted by atomic mass is 16.5. The first-order chi connectivity index (χ1) is 5.81. The molecule has 0 amide bonds. The lowest BCUT2D eigenvalue weighted by atomic mass is 10.2. The summed E-state index contributed by atoms with van der Waals surface area (Å²) >= 11 is 0. The molecule has 0 aliphatic heterocycles. The van der Waals surface area contributed by atoms with E-state index in [1.165, 1.54) is 0 Å². The summed E-state index contributed by atoms with van der Waals surface area (Å²) in [6.07, 6.45) is 1.37. The Morgan fingerprint density at radius 2 is 1.83 bits per heavy atom. The second-order valence-electron chi connectivity index (χ2n) is 2.48. The molecule has 0 aromatic heterocycles. The van der Waals surface area contributed by atoms with E-state index < -0.39 is 0 Å². The highest BCUT2D eigenvalue weighted by Crippen LogP contribution is 1.92. The first kappa shape index (κ1) is 11.6. The van der Waals surface area contributed by atoms with Crippen LogP contribution in [-0.2, 0) is 14.3 Å². The van der Waals surface area contributed by atoms with Gasteiger partial charge in [0.05, 0.1) is 0 Å². The van der Waals surface area contributed by atoms with Gasteiger partial charge in [-0.3, -0.25) is 4.79 Å².